The van der Waals surface area contributed by atoms with Crippen LogP contribution in [0.3, 0.4) is 0 Å². The van der Waals surface area contributed by atoms with Gasteiger partial charge in [0, 0.05) is 19.6 Å². The number of nitrogens with one attached hydrogen (secondary N) is 1. The van der Waals surface area contributed by atoms with Crippen molar-refractivity contribution in [1.29, 1.82) is 0 Å². The van der Waals surface area contributed by atoms with E-state index >= 15 is 0 Å². The van der Waals surface area contributed by atoms with E-state index in [-0.39, 0.29) is 11.3 Å². The molecule has 2 fully saturated rings. The molecule has 5 nitrogen and oxygen atoms in total. The lowest BCUT2D eigenvalue weighted by Crippen LogP contribution is -2.40. The fourth-order valence-corrected chi connectivity index (χ4v) is 4.78. The van der Waals surface area contributed by atoms with Crippen LogP contribution < -0.4 is 5.32 Å². The Balaban J connectivity index is 1.52. The van der Waals surface area contributed by atoms with Crippen molar-refractivity contribution < 1.29 is 9.32 Å². The summed E-state index contributed by atoms with van der Waals surface area (Å²) < 4.78 is 5.28. The van der Waals surface area contributed by atoms with Crippen LogP contribution in [0.15, 0.2) is 34.9 Å². The third-order valence-electron chi connectivity index (χ3n) is 6.15. The summed E-state index contributed by atoms with van der Waals surface area (Å²) in [6.45, 7) is 6.65. The molecule has 1 saturated heterocycles. The molecule has 1 aromatic carbocycles. The molecule has 1 aliphatic heterocycles. The van der Waals surface area contributed by atoms with E-state index < -0.39 is 0 Å². The number of nitrogens with zero attached hydrogens (tertiary/aromatic N) is 2. The summed E-state index contributed by atoms with van der Waals surface area (Å²) in [5, 5.41) is 7.24. The van der Waals surface area contributed by atoms with Gasteiger partial charge in [-0.15, -0.1) is 0 Å². The van der Waals surface area contributed by atoms with Crippen LogP contribution in [0.25, 0.3) is 0 Å². The molecule has 1 saturated carbocycles. The van der Waals surface area contributed by atoms with Crippen LogP contribution >= 0.6 is 0 Å². The van der Waals surface area contributed by atoms with Crippen LogP contribution in [0.4, 0.5) is 5.69 Å². The molecule has 0 radical (unpaired) electrons. The molecule has 1 aliphatic carbocycles. The number of amides is 1. The molecule has 1 N–H and O–H groups in total. The van der Waals surface area contributed by atoms with Crippen LogP contribution in [0, 0.1) is 18.3 Å². The van der Waals surface area contributed by atoms with Crippen molar-refractivity contribution in [2.24, 2.45) is 11.3 Å². The van der Waals surface area contributed by atoms with Crippen LogP contribution in [-0.4, -0.2) is 29.1 Å². The highest BCUT2D eigenvalue weighted by molar-refractivity contribution is 5.97. The number of carbonyl (C=O) groups is 1. The number of likely N-dealkylation sites (tertiary alicyclic amines) is 1. The van der Waals surface area contributed by atoms with E-state index in [0.717, 1.165) is 56.7 Å². The molecule has 2 aliphatic rings. The monoisotopic (exact) mass is 353 g/mol. The summed E-state index contributed by atoms with van der Waals surface area (Å²) in [7, 11) is 0. The summed E-state index contributed by atoms with van der Waals surface area (Å²) in [4.78, 5) is 15.8. The molecule has 0 unspecified atom stereocenters. The van der Waals surface area contributed by atoms with E-state index in [1.54, 1.807) is 0 Å². The van der Waals surface area contributed by atoms with E-state index in [9.17, 15) is 4.79 Å². The summed E-state index contributed by atoms with van der Waals surface area (Å²) >= 11 is 0. The van der Waals surface area contributed by atoms with Gasteiger partial charge in [-0.1, -0.05) is 48.8 Å². The summed E-state index contributed by atoms with van der Waals surface area (Å²) in [6, 6.07) is 10.5. The number of carbonyl (C=O) groups excluding carboxylic acids is 1. The fourth-order valence-electron chi connectivity index (χ4n) is 4.78. The summed E-state index contributed by atoms with van der Waals surface area (Å²) in [6.07, 6.45) is 4.01. The number of hydrogen-bond acceptors (Lipinski definition) is 4. The maximum atomic E-state index is 13.3. The minimum Gasteiger partial charge on any atom is -0.359 e. The molecular weight excluding hydrogens is 326 g/mol. The molecule has 0 bridgehead atoms. The maximum absolute atomic E-state index is 13.3. The third kappa shape index (κ3) is 2.94. The molecule has 1 amide bonds. The quantitative estimate of drug-likeness (QED) is 0.888. The van der Waals surface area contributed by atoms with Gasteiger partial charge in [0.05, 0.1) is 5.41 Å². The fraction of sp³-hybridized carbons (Fsp3) is 0.524. The lowest BCUT2D eigenvalue weighted by Gasteiger charge is -2.27. The Morgan fingerprint density at radius 3 is 2.96 bits per heavy atom. The number of aromatic nitrogens is 1. The summed E-state index contributed by atoms with van der Waals surface area (Å²) in [5.41, 5.74) is 2.65. The molecule has 26 heavy (non-hydrogen) atoms. The number of fused-ring (bicyclic) bond motifs is 1. The minimum atomic E-state index is -0.274. The van der Waals surface area contributed by atoms with E-state index in [1.165, 1.54) is 5.56 Å². The normalized spacial score (nSPS) is 25.4. The molecule has 2 aromatic rings. The highest BCUT2D eigenvalue weighted by Crippen LogP contribution is 2.49. The van der Waals surface area contributed by atoms with Crippen molar-refractivity contribution >= 4 is 11.6 Å². The Hall–Kier alpha value is -2.14. The van der Waals surface area contributed by atoms with E-state index in [0.29, 0.717) is 11.7 Å². The summed E-state index contributed by atoms with van der Waals surface area (Å²) in [5.74, 6) is 1.29. The first-order chi connectivity index (χ1) is 12.6. The number of hydrogen-bond donors (Lipinski definition) is 1. The van der Waals surface area contributed by atoms with Crippen molar-refractivity contribution in [2.75, 3.05) is 18.4 Å². The van der Waals surface area contributed by atoms with Gasteiger partial charge in [-0.25, -0.2) is 0 Å². The number of aryl methyl sites for hydroxylation is 2. The zero-order chi connectivity index (χ0) is 18.1. The average molecular weight is 353 g/mol. The highest BCUT2D eigenvalue weighted by atomic mass is 16.5. The molecule has 4 rings (SSSR count). The second-order valence-electron chi connectivity index (χ2n) is 7.77. The van der Waals surface area contributed by atoms with Crippen molar-refractivity contribution in [3.8, 4) is 0 Å². The van der Waals surface area contributed by atoms with Gasteiger partial charge in [-0.2, -0.15) is 0 Å². The zero-order valence-electron chi connectivity index (χ0n) is 15.6. The Morgan fingerprint density at radius 2 is 2.19 bits per heavy atom. The Bertz CT molecular complexity index is 786. The molecule has 2 atom stereocenters. The lowest BCUT2D eigenvalue weighted by molar-refractivity contribution is -0.126. The first-order valence-electron chi connectivity index (χ1n) is 9.65. The number of rotatable bonds is 5. The van der Waals surface area contributed by atoms with Crippen LogP contribution in [0.5, 0.6) is 0 Å². The molecular formula is C21H27N3O2. The van der Waals surface area contributed by atoms with Gasteiger partial charge in [0.25, 0.3) is 0 Å². The van der Waals surface area contributed by atoms with E-state index in [4.69, 9.17) is 4.52 Å². The van der Waals surface area contributed by atoms with Crippen LogP contribution in [-0.2, 0) is 17.8 Å². The second kappa shape index (κ2) is 6.88. The van der Waals surface area contributed by atoms with Gasteiger partial charge in [0.1, 0.15) is 11.4 Å². The lowest BCUT2D eigenvalue weighted by atomic mass is 9.79. The standard InChI is InChI=1S/C21H27N3O2/c1-3-18-19(15(2)26-23-18)22-20(25)21-11-7-10-17(21)13-24(14-21)12-16-8-5-4-6-9-16/h4-6,8-9,17H,3,7,10-14H2,1-2H3,(H,22,25)/t17-,21-/m1/s1. The van der Waals surface area contributed by atoms with Gasteiger partial charge in [0.15, 0.2) is 5.76 Å². The second-order valence-corrected chi connectivity index (χ2v) is 7.77. The Kier molecular flexibility index (Phi) is 4.57. The predicted molar refractivity (Wildman–Crippen MR) is 101 cm³/mol. The molecule has 2 heterocycles. The molecule has 138 valence electrons. The Labute approximate surface area is 154 Å². The maximum Gasteiger partial charge on any atom is 0.232 e. The van der Waals surface area contributed by atoms with E-state index in [1.807, 2.05) is 19.9 Å². The van der Waals surface area contributed by atoms with Crippen molar-refractivity contribution in [3.63, 3.8) is 0 Å². The van der Waals surface area contributed by atoms with Crippen molar-refractivity contribution in [3.05, 3.63) is 47.3 Å². The Morgan fingerprint density at radius 1 is 1.38 bits per heavy atom. The van der Waals surface area contributed by atoms with Crippen LogP contribution in [0.1, 0.15) is 43.2 Å². The largest absolute Gasteiger partial charge is 0.359 e. The zero-order valence-corrected chi connectivity index (χ0v) is 15.6. The first-order valence-corrected chi connectivity index (χ1v) is 9.65. The molecule has 5 heteroatoms. The minimum absolute atomic E-state index is 0.150. The number of benzene rings is 1. The smallest absolute Gasteiger partial charge is 0.232 e. The van der Waals surface area contributed by atoms with Crippen LogP contribution in [0.2, 0.25) is 0 Å². The van der Waals surface area contributed by atoms with Crippen molar-refractivity contribution in [2.45, 2.75) is 46.1 Å². The SMILES string of the molecule is CCc1noc(C)c1NC(=O)[C@@]12CCC[C@@H]1CN(Cc1ccccc1)C2. The molecule has 1 aromatic heterocycles. The van der Waals surface area contributed by atoms with E-state index in [2.05, 4.69) is 39.6 Å². The van der Waals surface area contributed by atoms with Gasteiger partial charge in [-0.3, -0.25) is 9.69 Å². The molecule has 0 spiro atoms. The number of anilines is 1. The average Bonchev–Trinajstić information content (AvgIpc) is 3.29. The van der Waals surface area contributed by atoms with Gasteiger partial charge in [0.2, 0.25) is 5.91 Å². The highest BCUT2D eigenvalue weighted by Gasteiger charge is 2.54. The third-order valence-corrected chi connectivity index (χ3v) is 6.15. The topological polar surface area (TPSA) is 58.4 Å². The van der Waals surface area contributed by atoms with Gasteiger partial charge >= 0.3 is 0 Å². The predicted octanol–water partition coefficient (Wildman–Crippen LogP) is 3.79. The van der Waals surface area contributed by atoms with Crippen molar-refractivity contribution in [1.82, 2.24) is 10.1 Å². The first kappa shape index (κ1) is 17.3. The van der Waals surface area contributed by atoms with Gasteiger partial charge < -0.3 is 9.84 Å². The van der Waals surface area contributed by atoms with Gasteiger partial charge in [-0.05, 0) is 37.7 Å².